The predicted octanol–water partition coefficient (Wildman–Crippen LogP) is 4.96. The van der Waals surface area contributed by atoms with Crippen LogP contribution in [0.25, 0.3) is 0 Å². The molecule has 0 N–H and O–H groups in total. The topological polar surface area (TPSA) is 29.5 Å². The van der Waals surface area contributed by atoms with Crippen molar-refractivity contribution in [2.45, 2.75) is 39.8 Å². The van der Waals surface area contributed by atoms with Gasteiger partial charge in [0.25, 0.3) is 5.91 Å². The smallest absolute Gasteiger partial charge is 0.261 e. The van der Waals surface area contributed by atoms with Crippen molar-refractivity contribution >= 4 is 21.8 Å². The Balaban J connectivity index is 2.08. The van der Waals surface area contributed by atoms with E-state index in [1.165, 1.54) is 0 Å². The molecule has 0 aliphatic heterocycles. The maximum Gasteiger partial charge on any atom is 0.261 e. The highest BCUT2D eigenvalue weighted by molar-refractivity contribution is 9.10. The molecule has 0 unspecified atom stereocenters. The van der Waals surface area contributed by atoms with Crippen molar-refractivity contribution in [3.8, 4) is 5.75 Å². The minimum absolute atomic E-state index is 0.0196. The number of aryl methyl sites for hydroxylation is 1. The average Bonchev–Trinajstić information content (AvgIpc) is 2.51. The number of ether oxygens (including phenoxy) is 1. The first-order valence-corrected chi connectivity index (χ1v) is 8.80. The van der Waals surface area contributed by atoms with E-state index in [-0.39, 0.29) is 18.1 Å². The molecule has 4 heteroatoms. The lowest BCUT2D eigenvalue weighted by Crippen LogP contribution is -2.47. The second-order valence-electron chi connectivity index (χ2n) is 6.86. The highest BCUT2D eigenvalue weighted by Crippen LogP contribution is 2.26. The molecule has 2 aromatic carbocycles. The first-order chi connectivity index (χ1) is 11.3. The molecule has 0 saturated carbocycles. The van der Waals surface area contributed by atoms with Crippen molar-refractivity contribution < 1.29 is 9.53 Å². The van der Waals surface area contributed by atoms with Crippen LogP contribution in [-0.2, 0) is 11.3 Å². The van der Waals surface area contributed by atoms with E-state index in [1.807, 2.05) is 81.1 Å². The molecular weight excluding hydrogens is 366 g/mol. The van der Waals surface area contributed by atoms with E-state index in [0.717, 1.165) is 15.6 Å². The number of benzene rings is 2. The van der Waals surface area contributed by atoms with Crippen LogP contribution in [0.1, 0.15) is 31.9 Å². The van der Waals surface area contributed by atoms with E-state index < -0.39 is 0 Å². The van der Waals surface area contributed by atoms with Gasteiger partial charge in [-0.15, -0.1) is 0 Å². The second-order valence-corrected chi connectivity index (χ2v) is 7.71. The zero-order chi connectivity index (χ0) is 17.7. The quantitative estimate of drug-likeness (QED) is 0.722. The molecule has 128 valence electrons. The van der Waals surface area contributed by atoms with Gasteiger partial charge in [0.2, 0.25) is 0 Å². The summed E-state index contributed by atoms with van der Waals surface area (Å²) in [5, 5.41) is 0. The number of amides is 1. The summed E-state index contributed by atoms with van der Waals surface area (Å²) in [5.74, 6) is 0.654. The van der Waals surface area contributed by atoms with Gasteiger partial charge in [-0.25, -0.2) is 0 Å². The summed E-state index contributed by atoms with van der Waals surface area (Å²) in [6.45, 7) is 8.72. The van der Waals surface area contributed by atoms with Gasteiger partial charge >= 0.3 is 0 Å². The van der Waals surface area contributed by atoms with Gasteiger partial charge in [-0.05, 0) is 66.9 Å². The van der Waals surface area contributed by atoms with Gasteiger partial charge < -0.3 is 9.64 Å². The van der Waals surface area contributed by atoms with E-state index in [2.05, 4.69) is 15.9 Å². The Bertz CT molecular complexity index is 693. The van der Waals surface area contributed by atoms with Crippen molar-refractivity contribution in [1.82, 2.24) is 4.90 Å². The monoisotopic (exact) mass is 389 g/mol. The van der Waals surface area contributed by atoms with Crippen molar-refractivity contribution in [3.05, 3.63) is 64.1 Å². The summed E-state index contributed by atoms with van der Waals surface area (Å²) in [4.78, 5) is 14.6. The average molecular weight is 390 g/mol. The van der Waals surface area contributed by atoms with Crippen LogP contribution in [0.4, 0.5) is 0 Å². The van der Waals surface area contributed by atoms with Crippen molar-refractivity contribution in [2.24, 2.45) is 0 Å². The fourth-order valence-corrected chi connectivity index (χ4v) is 3.01. The molecule has 2 rings (SSSR count). The van der Waals surface area contributed by atoms with Crippen LogP contribution in [0.2, 0.25) is 0 Å². The Hall–Kier alpha value is -1.81. The lowest BCUT2D eigenvalue weighted by molar-refractivity contribution is -0.139. The SMILES string of the molecule is Cc1ccc(OCC(=O)N(Cc2ccccc2)C(C)(C)C)c(Br)c1. The van der Waals surface area contributed by atoms with Crippen LogP contribution in [0.15, 0.2) is 53.0 Å². The van der Waals surface area contributed by atoms with Gasteiger partial charge in [-0.3, -0.25) is 4.79 Å². The number of carbonyl (C=O) groups is 1. The van der Waals surface area contributed by atoms with Crippen molar-refractivity contribution in [1.29, 1.82) is 0 Å². The molecule has 0 aliphatic rings. The Labute approximate surface area is 152 Å². The highest BCUT2D eigenvalue weighted by Gasteiger charge is 2.26. The normalized spacial score (nSPS) is 11.2. The van der Waals surface area contributed by atoms with E-state index in [0.29, 0.717) is 12.3 Å². The second kappa shape index (κ2) is 7.84. The van der Waals surface area contributed by atoms with Gasteiger partial charge in [-0.1, -0.05) is 36.4 Å². The van der Waals surface area contributed by atoms with Crippen molar-refractivity contribution in [3.63, 3.8) is 0 Å². The van der Waals surface area contributed by atoms with E-state index in [4.69, 9.17) is 4.74 Å². The van der Waals surface area contributed by atoms with Crippen LogP contribution >= 0.6 is 15.9 Å². The number of hydrogen-bond donors (Lipinski definition) is 0. The molecular formula is C20H24BrNO2. The standard InChI is InChI=1S/C20H24BrNO2/c1-15-10-11-18(17(21)12-15)24-14-19(23)22(20(2,3)4)13-16-8-6-5-7-9-16/h5-12H,13-14H2,1-4H3. The highest BCUT2D eigenvalue weighted by atomic mass is 79.9. The molecule has 0 atom stereocenters. The largest absolute Gasteiger partial charge is 0.483 e. The molecule has 0 radical (unpaired) electrons. The minimum atomic E-state index is -0.277. The fourth-order valence-electron chi connectivity index (χ4n) is 2.41. The zero-order valence-corrected chi connectivity index (χ0v) is 16.3. The third kappa shape index (κ3) is 5.10. The number of halogens is 1. The summed E-state index contributed by atoms with van der Waals surface area (Å²) in [5.41, 5.74) is 1.97. The Morgan fingerprint density at radius 1 is 1.12 bits per heavy atom. The number of rotatable bonds is 5. The first-order valence-electron chi connectivity index (χ1n) is 8.01. The van der Waals surface area contributed by atoms with Crippen molar-refractivity contribution in [2.75, 3.05) is 6.61 Å². The Morgan fingerprint density at radius 2 is 1.79 bits per heavy atom. The maximum absolute atomic E-state index is 12.7. The summed E-state index contributed by atoms with van der Waals surface area (Å²) in [7, 11) is 0. The van der Waals surface area contributed by atoms with Crippen LogP contribution < -0.4 is 4.74 Å². The lowest BCUT2D eigenvalue weighted by Gasteiger charge is -2.36. The molecule has 24 heavy (non-hydrogen) atoms. The molecule has 0 spiro atoms. The first kappa shape index (κ1) is 18.5. The number of nitrogens with zero attached hydrogens (tertiary/aromatic N) is 1. The van der Waals surface area contributed by atoms with Gasteiger partial charge in [0.05, 0.1) is 4.47 Å². The van der Waals surface area contributed by atoms with E-state index >= 15 is 0 Å². The van der Waals surface area contributed by atoms with Gasteiger partial charge in [0.15, 0.2) is 6.61 Å². The molecule has 3 nitrogen and oxygen atoms in total. The molecule has 0 fully saturated rings. The number of hydrogen-bond acceptors (Lipinski definition) is 2. The van der Waals surface area contributed by atoms with Crippen LogP contribution in [0.5, 0.6) is 5.75 Å². The molecule has 0 aliphatic carbocycles. The Morgan fingerprint density at radius 3 is 2.38 bits per heavy atom. The summed E-state index contributed by atoms with van der Waals surface area (Å²) >= 11 is 3.48. The molecule has 0 saturated heterocycles. The fraction of sp³-hybridized carbons (Fsp3) is 0.350. The van der Waals surface area contributed by atoms with E-state index in [9.17, 15) is 4.79 Å². The minimum Gasteiger partial charge on any atom is -0.483 e. The molecule has 0 heterocycles. The summed E-state index contributed by atoms with van der Waals surface area (Å²) in [6.07, 6.45) is 0. The maximum atomic E-state index is 12.7. The molecule has 0 aromatic heterocycles. The Kier molecular flexibility index (Phi) is 6.05. The molecule has 2 aromatic rings. The molecule has 1 amide bonds. The van der Waals surface area contributed by atoms with Crippen LogP contribution in [0, 0.1) is 6.92 Å². The third-order valence-corrected chi connectivity index (χ3v) is 4.35. The van der Waals surface area contributed by atoms with Gasteiger partial charge in [0, 0.05) is 12.1 Å². The zero-order valence-electron chi connectivity index (χ0n) is 14.7. The van der Waals surface area contributed by atoms with Crippen LogP contribution in [0.3, 0.4) is 0 Å². The van der Waals surface area contributed by atoms with Gasteiger partial charge in [0.1, 0.15) is 5.75 Å². The number of carbonyl (C=O) groups excluding carboxylic acids is 1. The summed E-state index contributed by atoms with van der Waals surface area (Å²) in [6, 6.07) is 15.8. The predicted molar refractivity (Wildman–Crippen MR) is 101 cm³/mol. The lowest BCUT2D eigenvalue weighted by atomic mass is 10.0. The van der Waals surface area contributed by atoms with E-state index in [1.54, 1.807) is 0 Å². The van der Waals surface area contributed by atoms with Crippen LogP contribution in [-0.4, -0.2) is 23.0 Å². The van der Waals surface area contributed by atoms with Gasteiger partial charge in [-0.2, -0.15) is 0 Å². The molecule has 0 bridgehead atoms. The third-order valence-electron chi connectivity index (χ3n) is 3.73. The summed E-state index contributed by atoms with van der Waals surface area (Å²) < 4.78 is 6.59.